The van der Waals surface area contributed by atoms with Gasteiger partial charge in [-0.1, -0.05) is 11.6 Å². The molecule has 0 aliphatic heterocycles. The van der Waals surface area contributed by atoms with E-state index in [1.807, 2.05) is 0 Å². The summed E-state index contributed by atoms with van der Waals surface area (Å²) in [6.07, 6.45) is 0. The molecule has 6 nitrogen and oxygen atoms in total. The molecule has 0 saturated heterocycles. The molecule has 0 spiro atoms. The van der Waals surface area contributed by atoms with E-state index in [1.54, 1.807) is 0 Å². The highest BCUT2D eigenvalue weighted by Crippen LogP contribution is 2.22. The van der Waals surface area contributed by atoms with Crippen molar-refractivity contribution in [2.75, 3.05) is 17.1 Å². The maximum absolute atomic E-state index is 13.7. The molecule has 0 heterocycles. The van der Waals surface area contributed by atoms with E-state index in [0.29, 0.717) is 5.69 Å². The largest absolute Gasteiger partial charge is 0.341 e. The van der Waals surface area contributed by atoms with Gasteiger partial charge in [0.25, 0.3) is 10.0 Å². The van der Waals surface area contributed by atoms with Crippen molar-refractivity contribution in [1.29, 1.82) is 0 Å². The summed E-state index contributed by atoms with van der Waals surface area (Å²) in [5.41, 5.74) is 0.701. The summed E-state index contributed by atoms with van der Waals surface area (Å²) in [5, 5.41) is 5.01. The fraction of sp³-hybridized carbons (Fsp3) is 0.0714. The highest BCUT2D eigenvalue weighted by atomic mass is 35.5. The van der Waals surface area contributed by atoms with Gasteiger partial charge in [0.15, 0.2) is 0 Å². The molecule has 122 valence electrons. The Kier molecular flexibility index (Phi) is 5.07. The maximum atomic E-state index is 13.7. The van der Waals surface area contributed by atoms with Crippen molar-refractivity contribution in [3.8, 4) is 0 Å². The molecule has 0 saturated carbocycles. The molecule has 2 aromatic carbocycles. The normalized spacial score (nSPS) is 10.9. The summed E-state index contributed by atoms with van der Waals surface area (Å²) in [7, 11) is -2.61. The number of hydrogen-bond donors (Lipinski definition) is 3. The van der Waals surface area contributed by atoms with E-state index in [2.05, 4.69) is 15.4 Å². The van der Waals surface area contributed by atoms with E-state index in [0.717, 1.165) is 12.1 Å². The first-order valence-corrected chi connectivity index (χ1v) is 8.24. The van der Waals surface area contributed by atoms with E-state index in [4.69, 9.17) is 11.6 Å². The van der Waals surface area contributed by atoms with Crippen LogP contribution in [-0.2, 0) is 10.0 Å². The molecule has 9 heteroatoms. The van der Waals surface area contributed by atoms with Crippen LogP contribution in [0.2, 0.25) is 5.02 Å². The van der Waals surface area contributed by atoms with Crippen LogP contribution < -0.4 is 15.4 Å². The van der Waals surface area contributed by atoms with Gasteiger partial charge in [-0.25, -0.2) is 17.6 Å². The number of carbonyl (C=O) groups is 1. The van der Waals surface area contributed by atoms with Crippen LogP contribution in [0.1, 0.15) is 0 Å². The molecule has 0 radical (unpaired) electrons. The lowest BCUT2D eigenvalue weighted by molar-refractivity contribution is 0.254. The van der Waals surface area contributed by atoms with Crippen LogP contribution in [0.4, 0.5) is 20.6 Å². The van der Waals surface area contributed by atoms with Crippen LogP contribution in [-0.4, -0.2) is 21.5 Å². The molecule has 0 unspecified atom stereocenters. The van der Waals surface area contributed by atoms with Crippen LogP contribution in [0.15, 0.2) is 47.4 Å². The number of sulfonamides is 1. The second kappa shape index (κ2) is 6.84. The predicted molar refractivity (Wildman–Crippen MR) is 86.7 cm³/mol. The summed E-state index contributed by atoms with van der Waals surface area (Å²) >= 11 is 5.60. The Hall–Kier alpha value is -2.32. The fourth-order valence-corrected chi connectivity index (χ4v) is 3.00. The lowest BCUT2D eigenvalue weighted by Gasteiger charge is -2.10. The molecule has 2 aromatic rings. The number of urea groups is 1. The van der Waals surface area contributed by atoms with Crippen molar-refractivity contribution in [3.05, 3.63) is 53.3 Å². The van der Waals surface area contributed by atoms with Gasteiger partial charge in [0.1, 0.15) is 10.7 Å². The van der Waals surface area contributed by atoms with Crippen LogP contribution in [0.5, 0.6) is 0 Å². The number of rotatable bonds is 4. The minimum atomic E-state index is -4.08. The lowest BCUT2D eigenvalue weighted by Crippen LogP contribution is -2.24. The number of carbonyl (C=O) groups excluding carboxylic acids is 1. The van der Waals surface area contributed by atoms with Gasteiger partial charge in [0.2, 0.25) is 0 Å². The number of nitrogens with one attached hydrogen (secondary N) is 3. The molecule has 0 bridgehead atoms. The Labute approximate surface area is 137 Å². The third-order valence-electron chi connectivity index (χ3n) is 2.81. The average Bonchev–Trinajstić information content (AvgIpc) is 2.48. The first-order chi connectivity index (χ1) is 10.8. The zero-order chi connectivity index (χ0) is 17.0. The van der Waals surface area contributed by atoms with Crippen molar-refractivity contribution < 1.29 is 17.6 Å². The number of amides is 2. The molecule has 0 aliphatic rings. The minimum Gasteiger partial charge on any atom is -0.341 e. The first-order valence-electron chi connectivity index (χ1n) is 6.38. The highest BCUT2D eigenvalue weighted by molar-refractivity contribution is 7.92. The summed E-state index contributed by atoms with van der Waals surface area (Å²) < 4.78 is 40.3. The first kappa shape index (κ1) is 17.0. The Balaban J connectivity index is 2.19. The number of anilines is 2. The van der Waals surface area contributed by atoms with E-state index >= 15 is 0 Å². The summed E-state index contributed by atoms with van der Waals surface area (Å²) in [4.78, 5) is 10.7. The smallest absolute Gasteiger partial charge is 0.318 e. The lowest BCUT2D eigenvalue weighted by atomic mass is 10.3. The fourth-order valence-electron chi connectivity index (χ4n) is 1.72. The molecule has 23 heavy (non-hydrogen) atoms. The number of hydrogen-bond acceptors (Lipinski definition) is 3. The third-order valence-corrected chi connectivity index (χ3v) is 4.46. The van der Waals surface area contributed by atoms with E-state index in [1.165, 1.54) is 37.4 Å². The topological polar surface area (TPSA) is 87.3 Å². The van der Waals surface area contributed by atoms with Crippen LogP contribution in [0, 0.1) is 5.82 Å². The SMILES string of the molecule is CNC(=O)Nc1ccc(NS(=O)(=O)c2ccc(Cl)cc2F)cc1. The Morgan fingerprint density at radius 2 is 1.70 bits per heavy atom. The zero-order valence-corrected chi connectivity index (χ0v) is 13.5. The number of halogens is 2. The van der Waals surface area contributed by atoms with E-state index in [-0.39, 0.29) is 10.7 Å². The van der Waals surface area contributed by atoms with Crippen molar-refractivity contribution in [2.45, 2.75) is 4.90 Å². The third kappa shape index (κ3) is 4.33. The van der Waals surface area contributed by atoms with Crippen molar-refractivity contribution in [2.24, 2.45) is 0 Å². The number of benzene rings is 2. The van der Waals surface area contributed by atoms with Gasteiger partial charge in [0.05, 0.1) is 0 Å². The van der Waals surface area contributed by atoms with Crippen LogP contribution >= 0.6 is 11.6 Å². The van der Waals surface area contributed by atoms with Crippen LogP contribution in [0.25, 0.3) is 0 Å². The van der Waals surface area contributed by atoms with Crippen LogP contribution in [0.3, 0.4) is 0 Å². The van der Waals surface area contributed by atoms with Gasteiger partial charge in [-0.2, -0.15) is 0 Å². The molecule has 3 N–H and O–H groups in total. The van der Waals surface area contributed by atoms with Gasteiger partial charge in [-0.05, 0) is 42.5 Å². The van der Waals surface area contributed by atoms with Gasteiger partial charge in [0, 0.05) is 23.4 Å². The quantitative estimate of drug-likeness (QED) is 0.786. The van der Waals surface area contributed by atoms with Gasteiger partial charge < -0.3 is 10.6 Å². The maximum Gasteiger partial charge on any atom is 0.318 e. The summed E-state index contributed by atoms with van der Waals surface area (Å²) in [6, 6.07) is 8.79. The van der Waals surface area contributed by atoms with Gasteiger partial charge in [-0.15, -0.1) is 0 Å². The second-order valence-electron chi connectivity index (χ2n) is 4.46. The molecular weight excluding hydrogens is 345 g/mol. The van der Waals surface area contributed by atoms with Gasteiger partial charge in [-0.3, -0.25) is 4.72 Å². The molecule has 0 atom stereocenters. The molecular formula is C14H13ClFN3O3S. The summed E-state index contributed by atoms with van der Waals surface area (Å²) in [5.74, 6) is -0.942. The minimum absolute atomic E-state index is 0.103. The van der Waals surface area contributed by atoms with Gasteiger partial charge >= 0.3 is 6.03 Å². The average molecular weight is 358 g/mol. The van der Waals surface area contributed by atoms with Crippen molar-refractivity contribution in [1.82, 2.24) is 5.32 Å². The Morgan fingerprint density at radius 3 is 2.26 bits per heavy atom. The van der Waals surface area contributed by atoms with E-state index < -0.39 is 26.8 Å². The standard InChI is InChI=1S/C14H13ClFN3O3S/c1-17-14(20)18-10-3-5-11(6-4-10)19-23(21,22)13-7-2-9(15)8-12(13)16/h2-8,19H,1H3,(H2,17,18,20). The van der Waals surface area contributed by atoms with Crippen molar-refractivity contribution in [3.63, 3.8) is 0 Å². The predicted octanol–water partition coefficient (Wildman–Crippen LogP) is 3.03. The highest BCUT2D eigenvalue weighted by Gasteiger charge is 2.19. The van der Waals surface area contributed by atoms with Crippen molar-refractivity contribution >= 4 is 39.0 Å². The molecule has 2 rings (SSSR count). The molecule has 2 amide bonds. The summed E-state index contributed by atoms with van der Waals surface area (Å²) in [6.45, 7) is 0. The monoisotopic (exact) mass is 357 g/mol. The Morgan fingerprint density at radius 1 is 1.09 bits per heavy atom. The molecule has 0 aliphatic carbocycles. The second-order valence-corrected chi connectivity index (χ2v) is 6.55. The Bertz CT molecular complexity index is 826. The zero-order valence-electron chi connectivity index (χ0n) is 11.9. The van der Waals surface area contributed by atoms with E-state index in [9.17, 15) is 17.6 Å². The molecule has 0 aromatic heterocycles. The molecule has 0 fully saturated rings.